The van der Waals surface area contributed by atoms with Gasteiger partial charge in [0.25, 0.3) is 5.91 Å². The summed E-state index contributed by atoms with van der Waals surface area (Å²) < 4.78 is 0. The van der Waals surface area contributed by atoms with E-state index in [9.17, 15) is 9.90 Å². The van der Waals surface area contributed by atoms with Gasteiger partial charge in [0, 0.05) is 0 Å². The Balaban J connectivity index is 1.80. The molecule has 2 heterocycles. The highest BCUT2D eigenvalue weighted by molar-refractivity contribution is 7.22. The van der Waals surface area contributed by atoms with Gasteiger partial charge in [0.1, 0.15) is 9.88 Å². The monoisotopic (exact) mass is 344 g/mol. The van der Waals surface area contributed by atoms with Gasteiger partial charge in [0.15, 0.2) is 0 Å². The number of amides is 1. The Hall–Kier alpha value is -2.02. The van der Waals surface area contributed by atoms with Crippen molar-refractivity contribution in [3.8, 4) is 9.88 Å². The number of carbonyl (C=O) groups is 1. The number of hydrogen-bond donors (Lipinski definition) is 2. The number of benzene rings is 1. The molecule has 0 aliphatic rings. The third-order valence-corrected chi connectivity index (χ3v) is 5.62. The first-order valence-corrected chi connectivity index (χ1v) is 8.86. The van der Waals surface area contributed by atoms with Gasteiger partial charge in [-0.25, -0.2) is 4.98 Å². The summed E-state index contributed by atoms with van der Waals surface area (Å²) in [7, 11) is 0. The number of aromatic nitrogens is 1. The third-order valence-electron chi connectivity index (χ3n) is 3.42. The number of aryl methyl sites for hydroxylation is 1. The Morgan fingerprint density at radius 3 is 2.70 bits per heavy atom. The number of carbonyl (C=O) groups excluding carboxylic acids is 1. The SMILES string of the molecule is Cc1nc(-c2cccs2)sc1C(=O)NC(CO)c1ccccc1. The first-order valence-electron chi connectivity index (χ1n) is 7.17. The molecule has 0 aliphatic carbocycles. The van der Waals surface area contributed by atoms with Crippen molar-refractivity contribution in [2.45, 2.75) is 13.0 Å². The maximum Gasteiger partial charge on any atom is 0.263 e. The average Bonchev–Trinajstić information content (AvgIpc) is 3.22. The van der Waals surface area contributed by atoms with Gasteiger partial charge in [0.05, 0.1) is 23.2 Å². The molecular weight excluding hydrogens is 328 g/mol. The highest BCUT2D eigenvalue weighted by Crippen LogP contribution is 2.31. The lowest BCUT2D eigenvalue weighted by Gasteiger charge is -2.16. The summed E-state index contributed by atoms with van der Waals surface area (Å²) >= 11 is 2.98. The highest BCUT2D eigenvalue weighted by Gasteiger charge is 2.20. The summed E-state index contributed by atoms with van der Waals surface area (Å²) in [5.41, 5.74) is 1.59. The summed E-state index contributed by atoms with van der Waals surface area (Å²) in [4.78, 5) is 18.7. The first-order chi connectivity index (χ1) is 11.2. The smallest absolute Gasteiger partial charge is 0.263 e. The molecule has 0 saturated heterocycles. The number of thiophene rings is 1. The molecule has 4 nitrogen and oxygen atoms in total. The minimum atomic E-state index is -0.421. The second-order valence-electron chi connectivity index (χ2n) is 5.03. The lowest BCUT2D eigenvalue weighted by Crippen LogP contribution is -2.30. The number of aliphatic hydroxyl groups excluding tert-OH is 1. The summed E-state index contributed by atoms with van der Waals surface area (Å²) in [5, 5.41) is 15.3. The van der Waals surface area contributed by atoms with Gasteiger partial charge in [-0.1, -0.05) is 36.4 Å². The molecule has 0 spiro atoms. The predicted molar refractivity (Wildman–Crippen MR) is 93.9 cm³/mol. The van der Waals surface area contributed by atoms with Crippen molar-refractivity contribution in [1.29, 1.82) is 0 Å². The molecule has 23 heavy (non-hydrogen) atoms. The Bertz CT molecular complexity index is 782. The molecule has 6 heteroatoms. The fourth-order valence-corrected chi connectivity index (χ4v) is 4.02. The van der Waals surface area contributed by atoms with Crippen molar-refractivity contribution in [2.75, 3.05) is 6.61 Å². The Morgan fingerprint density at radius 2 is 2.04 bits per heavy atom. The zero-order chi connectivity index (χ0) is 16.2. The Kier molecular flexibility index (Phi) is 4.85. The molecular formula is C17H16N2O2S2. The van der Waals surface area contributed by atoms with E-state index in [2.05, 4.69) is 10.3 Å². The molecule has 2 N–H and O–H groups in total. The maximum atomic E-state index is 12.5. The number of nitrogens with zero attached hydrogens (tertiary/aromatic N) is 1. The number of thiazole rings is 1. The normalized spacial score (nSPS) is 12.1. The fourth-order valence-electron chi connectivity index (χ4n) is 2.26. The van der Waals surface area contributed by atoms with E-state index >= 15 is 0 Å². The summed E-state index contributed by atoms with van der Waals surface area (Å²) in [6.45, 7) is 1.68. The molecule has 1 aromatic carbocycles. The molecule has 0 fully saturated rings. The van der Waals surface area contributed by atoms with Crippen LogP contribution in [0.1, 0.15) is 27.0 Å². The van der Waals surface area contributed by atoms with E-state index in [1.54, 1.807) is 11.3 Å². The van der Waals surface area contributed by atoms with Crippen molar-refractivity contribution < 1.29 is 9.90 Å². The van der Waals surface area contributed by atoms with Crippen LogP contribution in [0.3, 0.4) is 0 Å². The lowest BCUT2D eigenvalue weighted by atomic mass is 10.1. The summed E-state index contributed by atoms with van der Waals surface area (Å²) in [6, 6.07) is 13.0. The molecule has 0 saturated carbocycles. The first kappa shape index (κ1) is 15.9. The molecule has 118 valence electrons. The van der Waals surface area contributed by atoms with Crippen LogP contribution in [0, 0.1) is 6.92 Å². The van der Waals surface area contributed by atoms with Gasteiger partial charge in [-0.3, -0.25) is 4.79 Å². The molecule has 1 unspecified atom stereocenters. The highest BCUT2D eigenvalue weighted by atomic mass is 32.1. The number of rotatable bonds is 5. The van der Waals surface area contributed by atoms with Gasteiger partial charge in [-0.15, -0.1) is 22.7 Å². The quantitative estimate of drug-likeness (QED) is 0.743. The fraction of sp³-hybridized carbons (Fsp3) is 0.176. The number of hydrogen-bond acceptors (Lipinski definition) is 5. The maximum absolute atomic E-state index is 12.5. The molecule has 3 aromatic rings. The van der Waals surface area contributed by atoms with Gasteiger partial charge < -0.3 is 10.4 Å². The second-order valence-corrected chi connectivity index (χ2v) is 6.98. The van der Waals surface area contributed by atoms with E-state index in [1.807, 2.05) is 54.8 Å². The summed E-state index contributed by atoms with van der Waals surface area (Å²) in [5.74, 6) is -0.203. The van der Waals surface area contributed by atoms with E-state index in [-0.39, 0.29) is 12.5 Å². The van der Waals surface area contributed by atoms with Crippen molar-refractivity contribution in [2.24, 2.45) is 0 Å². The van der Waals surface area contributed by atoms with Crippen LogP contribution in [-0.2, 0) is 0 Å². The van der Waals surface area contributed by atoms with Gasteiger partial charge >= 0.3 is 0 Å². The van der Waals surface area contributed by atoms with E-state index in [0.717, 1.165) is 15.4 Å². The average molecular weight is 344 g/mol. The predicted octanol–water partition coefficient (Wildman–Crippen LogP) is 3.64. The minimum absolute atomic E-state index is 0.147. The van der Waals surface area contributed by atoms with Gasteiger partial charge in [-0.2, -0.15) is 0 Å². The van der Waals surface area contributed by atoms with Crippen LogP contribution in [0.2, 0.25) is 0 Å². The molecule has 3 rings (SSSR count). The van der Waals surface area contributed by atoms with E-state index in [1.165, 1.54) is 11.3 Å². The van der Waals surface area contributed by atoms with Crippen LogP contribution in [0.5, 0.6) is 0 Å². The Morgan fingerprint density at radius 1 is 1.26 bits per heavy atom. The van der Waals surface area contributed by atoms with Crippen LogP contribution >= 0.6 is 22.7 Å². The molecule has 1 atom stereocenters. The van der Waals surface area contributed by atoms with Crippen LogP contribution < -0.4 is 5.32 Å². The van der Waals surface area contributed by atoms with Crippen molar-refractivity contribution in [1.82, 2.24) is 10.3 Å². The minimum Gasteiger partial charge on any atom is -0.394 e. The topological polar surface area (TPSA) is 62.2 Å². The van der Waals surface area contributed by atoms with Crippen LogP contribution in [0.15, 0.2) is 47.8 Å². The van der Waals surface area contributed by atoms with Crippen LogP contribution in [0.4, 0.5) is 0 Å². The lowest BCUT2D eigenvalue weighted by molar-refractivity contribution is 0.0919. The van der Waals surface area contributed by atoms with Crippen LogP contribution in [0.25, 0.3) is 9.88 Å². The Labute approximate surface area is 142 Å². The third kappa shape index (κ3) is 3.50. The van der Waals surface area contributed by atoms with Gasteiger partial charge in [0.2, 0.25) is 0 Å². The zero-order valence-electron chi connectivity index (χ0n) is 12.5. The van der Waals surface area contributed by atoms with Crippen LogP contribution in [-0.4, -0.2) is 22.6 Å². The van der Waals surface area contributed by atoms with E-state index in [0.29, 0.717) is 10.6 Å². The number of aliphatic hydroxyl groups is 1. The standard InChI is InChI=1S/C17H16N2O2S2/c1-11-15(23-17(18-11)14-8-5-9-22-14)16(21)19-13(10-20)12-6-3-2-4-7-12/h2-9,13,20H,10H2,1H3,(H,19,21). The van der Waals surface area contributed by atoms with Crippen molar-refractivity contribution in [3.63, 3.8) is 0 Å². The molecule has 1 amide bonds. The molecule has 0 bridgehead atoms. The molecule has 2 aromatic heterocycles. The van der Waals surface area contributed by atoms with Crippen molar-refractivity contribution >= 4 is 28.6 Å². The largest absolute Gasteiger partial charge is 0.394 e. The van der Waals surface area contributed by atoms with Crippen molar-refractivity contribution in [3.05, 3.63) is 64.0 Å². The van der Waals surface area contributed by atoms with E-state index in [4.69, 9.17) is 0 Å². The number of nitrogens with one attached hydrogen (secondary N) is 1. The zero-order valence-corrected chi connectivity index (χ0v) is 14.2. The second kappa shape index (κ2) is 7.04. The summed E-state index contributed by atoms with van der Waals surface area (Å²) in [6.07, 6.45) is 0. The van der Waals surface area contributed by atoms with Gasteiger partial charge in [-0.05, 0) is 23.9 Å². The molecule has 0 radical (unpaired) electrons. The van der Waals surface area contributed by atoms with E-state index < -0.39 is 6.04 Å². The molecule has 0 aliphatic heterocycles.